The van der Waals surface area contributed by atoms with E-state index in [0.717, 1.165) is 37.4 Å². The van der Waals surface area contributed by atoms with Crippen molar-refractivity contribution in [3.63, 3.8) is 0 Å². The number of unbranched alkanes of at least 4 members (excludes halogenated alkanes) is 2. The average molecular weight is 581 g/mol. The second-order valence-corrected chi connectivity index (χ2v) is 22.2. The van der Waals surface area contributed by atoms with Crippen LogP contribution in [0, 0.1) is 17.3 Å². The molecule has 0 aromatic carbocycles. The quantitative estimate of drug-likeness (QED) is 0.0661. The van der Waals surface area contributed by atoms with E-state index in [1.165, 1.54) is 20.0 Å². The maximum atomic E-state index is 13.4. The van der Waals surface area contributed by atoms with Crippen molar-refractivity contribution in [1.29, 1.82) is 0 Å². The molecule has 1 rings (SSSR count). The summed E-state index contributed by atoms with van der Waals surface area (Å²) in [6, 6.07) is 3.24. The summed E-state index contributed by atoms with van der Waals surface area (Å²) < 4.78 is 18.5. The van der Waals surface area contributed by atoms with Crippen molar-refractivity contribution in [3.05, 3.63) is 24.3 Å². The van der Waals surface area contributed by atoms with Gasteiger partial charge in [0.2, 0.25) is 0 Å². The van der Waals surface area contributed by atoms with E-state index in [1.54, 1.807) is 0 Å². The molecule has 0 radical (unpaired) electrons. The van der Waals surface area contributed by atoms with Crippen LogP contribution in [-0.4, -0.2) is 47.7 Å². The predicted octanol–water partition coefficient (Wildman–Crippen LogP) is 8.86. The lowest BCUT2D eigenvalue weighted by Gasteiger charge is -2.38. The third-order valence-electron chi connectivity index (χ3n) is 8.51. The van der Waals surface area contributed by atoms with Crippen molar-refractivity contribution < 1.29 is 23.2 Å². The standard InChI is InChI=1S/C32H60O5Si2/c1-11-15-24-32(5,6)30(37-38(8,9)10)23-22-27-26(20-18-16-17-19-21-31(34)35-7)28(33)25-29(27)36-39(12-2,13-3)14-4/h16,18,22-23,26-27,29-30H,11-15,17,19-21,24-25H2,1-10H3/b18-16-,23-22+/t26-,27-,29-,30-/m1/s1. The number of rotatable bonds is 19. The summed E-state index contributed by atoms with van der Waals surface area (Å²) in [7, 11) is -2.22. The molecular weight excluding hydrogens is 521 g/mol. The molecule has 0 aliphatic heterocycles. The zero-order valence-corrected chi connectivity index (χ0v) is 28.9. The van der Waals surface area contributed by atoms with Crippen LogP contribution in [0.15, 0.2) is 24.3 Å². The number of ketones is 1. The molecule has 0 bridgehead atoms. The molecular formula is C32H60O5Si2. The number of esters is 1. The van der Waals surface area contributed by atoms with Crippen LogP contribution < -0.4 is 0 Å². The molecule has 0 N–H and O–H groups in total. The smallest absolute Gasteiger partial charge is 0.305 e. The molecule has 1 saturated carbocycles. The Kier molecular flexibility index (Phi) is 15.7. The van der Waals surface area contributed by atoms with E-state index < -0.39 is 16.6 Å². The van der Waals surface area contributed by atoms with Gasteiger partial charge in [-0.15, -0.1) is 0 Å². The molecule has 4 atom stereocenters. The molecule has 7 heteroatoms. The maximum Gasteiger partial charge on any atom is 0.305 e. The fourth-order valence-corrected chi connectivity index (χ4v) is 9.66. The molecule has 0 heterocycles. The van der Waals surface area contributed by atoms with Gasteiger partial charge in [0, 0.05) is 24.7 Å². The van der Waals surface area contributed by atoms with Crippen molar-refractivity contribution in [3.8, 4) is 0 Å². The van der Waals surface area contributed by atoms with Crippen LogP contribution in [0.2, 0.25) is 37.8 Å². The van der Waals surface area contributed by atoms with Gasteiger partial charge in [-0.05, 0) is 68.9 Å². The number of carbonyl (C=O) groups is 2. The lowest BCUT2D eigenvalue weighted by molar-refractivity contribution is -0.140. The third kappa shape index (κ3) is 12.2. The highest BCUT2D eigenvalue weighted by atomic mass is 28.4. The Morgan fingerprint density at radius 3 is 2.23 bits per heavy atom. The van der Waals surface area contributed by atoms with Gasteiger partial charge in [0.1, 0.15) is 5.78 Å². The summed E-state index contributed by atoms with van der Waals surface area (Å²) in [4.78, 5) is 24.8. The van der Waals surface area contributed by atoms with Gasteiger partial charge < -0.3 is 13.6 Å². The maximum absolute atomic E-state index is 13.4. The SMILES string of the molecule is CCCCC(C)(C)[C@@H](/C=C/[C@H]1[C@H](O[Si](CC)(CC)CC)CC(=O)[C@@H]1C/C=C\CCCC(=O)OC)O[Si](C)(C)C. The molecule has 0 spiro atoms. The van der Waals surface area contributed by atoms with Crippen molar-refractivity contribution in [2.24, 2.45) is 17.3 Å². The second kappa shape index (κ2) is 17.1. The van der Waals surface area contributed by atoms with Gasteiger partial charge in [0.15, 0.2) is 16.6 Å². The molecule has 0 aromatic rings. The molecule has 0 saturated heterocycles. The van der Waals surface area contributed by atoms with Crippen LogP contribution in [0.3, 0.4) is 0 Å². The number of Topliss-reactive ketones (excluding diaryl/α,β-unsaturated/α-hetero) is 1. The number of hydrogen-bond donors (Lipinski definition) is 0. The first kappa shape index (κ1) is 36.0. The predicted molar refractivity (Wildman–Crippen MR) is 169 cm³/mol. The van der Waals surface area contributed by atoms with Gasteiger partial charge in [-0.2, -0.15) is 0 Å². The first-order valence-electron chi connectivity index (χ1n) is 15.6. The zero-order valence-electron chi connectivity index (χ0n) is 26.9. The lowest BCUT2D eigenvalue weighted by atomic mass is 9.80. The van der Waals surface area contributed by atoms with E-state index in [-0.39, 0.29) is 35.4 Å². The minimum atomic E-state index is -1.87. The number of methoxy groups -OCH3 is 1. The van der Waals surface area contributed by atoms with E-state index in [2.05, 4.69) is 85.5 Å². The van der Waals surface area contributed by atoms with Gasteiger partial charge in [0.05, 0.1) is 19.3 Å². The Balaban J connectivity index is 3.25. The summed E-state index contributed by atoms with van der Waals surface area (Å²) >= 11 is 0. The van der Waals surface area contributed by atoms with Gasteiger partial charge in [-0.3, -0.25) is 9.59 Å². The molecule has 1 aliphatic rings. The molecule has 1 aliphatic carbocycles. The highest BCUT2D eigenvalue weighted by Gasteiger charge is 2.45. The molecule has 5 nitrogen and oxygen atoms in total. The Bertz CT molecular complexity index is 787. The lowest BCUT2D eigenvalue weighted by Crippen LogP contribution is -2.42. The van der Waals surface area contributed by atoms with E-state index in [1.807, 2.05) is 0 Å². The topological polar surface area (TPSA) is 61.8 Å². The average Bonchev–Trinajstić information content (AvgIpc) is 3.18. The minimum absolute atomic E-state index is 0.0205. The van der Waals surface area contributed by atoms with Crippen molar-refractivity contribution >= 4 is 28.4 Å². The molecule has 226 valence electrons. The highest BCUT2D eigenvalue weighted by Crippen LogP contribution is 2.40. The van der Waals surface area contributed by atoms with Crippen LogP contribution >= 0.6 is 0 Å². The fourth-order valence-electron chi connectivity index (χ4n) is 5.62. The molecule has 0 aromatic heterocycles. The monoisotopic (exact) mass is 580 g/mol. The molecule has 0 amide bonds. The van der Waals surface area contributed by atoms with Crippen LogP contribution in [0.4, 0.5) is 0 Å². The Hall–Kier alpha value is -1.03. The second-order valence-electron chi connectivity index (χ2n) is 13.1. The normalized spacial score (nSPS) is 21.8. The number of hydrogen-bond acceptors (Lipinski definition) is 5. The van der Waals surface area contributed by atoms with Gasteiger partial charge in [0.25, 0.3) is 0 Å². The first-order chi connectivity index (χ1) is 18.3. The van der Waals surface area contributed by atoms with Crippen LogP contribution in [0.5, 0.6) is 0 Å². The van der Waals surface area contributed by atoms with E-state index in [4.69, 9.17) is 13.6 Å². The summed E-state index contributed by atoms with van der Waals surface area (Å²) in [5.74, 6) is 0.120. The van der Waals surface area contributed by atoms with Gasteiger partial charge >= 0.3 is 5.97 Å². The van der Waals surface area contributed by atoms with E-state index >= 15 is 0 Å². The summed E-state index contributed by atoms with van der Waals surface area (Å²) in [5.41, 5.74) is 0.0234. The van der Waals surface area contributed by atoms with Crippen molar-refractivity contribution in [1.82, 2.24) is 0 Å². The fraction of sp³-hybridized carbons (Fsp3) is 0.812. The molecule has 0 unspecified atom stereocenters. The molecule has 39 heavy (non-hydrogen) atoms. The Morgan fingerprint density at radius 2 is 1.69 bits per heavy atom. The van der Waals surface area contributed by atoms with Crippen molar-refractivity contribution in [2.45, 2.75) is 143 Å². The highest BCUT2D eigenvalue weighted by molar-refractivity contribution is 6.73. The van der Waals surface area contributed by atoms with E-state index in [9.17, 15) is 9.59 Å². The van der Waals surface area contributed by atoms with Crippen LogP contribution in [0.25, 0.3) is 0 Å². The third-order valence-corrected chi connectivity index (χ3v) is 14.1. The van der Waals surface area contributed by atoms with E-state index in [0.29, 0.717) is 25.0 Å². The summed E-state index contributed by atoms with van der Waals surface area (Å²) in [6.45, 7) is 20.4. The Morgan fingerprint density at radius 1 is 1.05 bits per heavy atom. The summed E-state index contributed by atoms with van der Waals surface area (Å²) in [6.07, 6.45) is 15.5. The Labute approximate surface area is 242 Å². The summed E-state index contributed by atoms with van der Waals surface area (Å²) in [5, 5.41) is 0. The van der Waals surface area contributed by atoms with Crippen LogP contribution in [-0.2, 0) is 23.2 Å². The van der Waals surface area contributed by atoms with Gasteiger partial charge in [-0.1, -0.05) is 78.7 Å². The van der Waals surface area contributed by atoms with Crippen molar-refractivity contribution in [2.75, 3.05) is 7.11 Å². The number of carbonyl (C=O) groups excluding carboxylic acids is 2. The largest absolute Gasteiger partial charge is 0.469 e. The minimum Gasteiger partial charge on any atom is -0.469 e. The molecule has 1 fully saturated rings. The zero-order chi connectivity index (χ0) is 29.7. The number of ether oxygens (including phenoxy) is 1. The first-order valence-corrected chi connectivity index (χ1v) is 21.5. The van der Waals surface area contributed by atoms with Crippen LogP contribution in [0.1, 0.15) is 92.9 Å². The number of allylic oxidation sites excluding steroid dienone is 2. The van der Waals surface area contributed by atoms with Gasteiger partial charge in [-0.25, -0.2) is 0 Å².